The zero-order valence-electron chi connectivity index (χ0n) is 14.2. The maximum Gasteiger partial charge on any atom is 0.246 e. The Morgan fingerprint density at radius 1 is 0.957 bits per heavy atom. The van der Waals surface area contributed by atoms with Crippen LogP contribution in [0.15, 0.2) is 54.6 Å². The van der Waals surface area contributed by atoms with E-state index in [2.05, 4.69) is 24.5 Å². The topological polar surface area (TPSA) is 41.1 Å². The van der Waals surface area contributed by atoms with Gasteiger partial charge in [0.15, 0.2) is 0 Å². The molecule has 3 heteroatoms. The lowest BCUT2D eigenvalue weighted by atomic mass is 10.0. The molecular weight excluding hydrogens is 284 g/mol. The monoisotopic (exact) mass is 310 g/mol. The number of hydrogen-bond donors (Lipinski definition) is 2. The number of amides is 1. The van der Waals surface area contributed by atoms with Crippen LogP contribution in [0.2, 0.25) is 0 Å². The molecule has 1 atom stereocenters. The van der Waals surface area contributed by atoms with Crippen molar-refractivity contribution in [1.29, 1.82) is 0 Å². The van der Waals surface area contributed by atoms with E-state index in [-0.39, 0.29) is 11.9 Å². The number of rotatable bonds is 7. The van der Waals surface area contributed by atoms with Gasteiger partial charge in [0.05, 0.1) is 0 Å². The quantitative estimate of drug-likeness (QED) is 0.793. The fourth-order valence-electron chi connectivity index (χ4n) is 2.58. The fraction of sp³-hybridized carbons (Fsp3) is 0.350. The fourth-order valence-corrected chi connectivity index (χ4v) is 2.58. The second kappa shape index (κ2) is 8.49. The third kappa shape index (κ3) is 4.93. The lowest BCUT2D eigenvalue weighted by Gasteiger charge is -2.24. The molecule has 0 aliphatic carbocycles. The summed E-state index contributed by atoms with van der Waals surface area (Å²) in [6.45, 7) is 6.31. The Kier molecular flexibility index (Phi) is 6.36. The summed E-state index contributed by atoms with van der Waals surface area (Å²) in [5.74, 6) is -0.0213. The van der Waals surface area contributed by atoms with E-state index in [4.69, 9.17) is 0 Å². The van der Waals surface area contributed by atoms with Gasteiger partial charge < -0.3 is 5.32 Å². The first-order valence-corrected chi connectivity index (χ1v) is 8.32. The minimum absolute atomic E-state index is 0.0213. The summed E-state index contributed by atoms with van der Waals surface area (Å²) in [6, 6.07) is 17.7. The third-order valence-corrected chi connectivity index (χ3v) is 4.10. The Morgan fingerprint density at radius 3 is 2.13 bits per heavy atom. The molecule has 2 rings (SSSR count). The highest BCUT2D eigenvalue weighted by molar-refractivity contribution is 5.95. The van der Waals surface area contributed by atoms with Crippen LogP contribution in [0.3, 0.4) is 0 Å². The average Bonchev–Trinajstić information content (AvgIpc) is 2.59. The summed E-state index contributed by atoms with van der Waals surface area (Å²) in [4.78, 5) is 12.8. The molecule has 0 aliphatic heterocycles. The first kappa shape index (κ1) is 17.2. The zero-order valence-corrected chi connectivity index (χ0v) is 14.2. The highest BCUT2D eigenvalue weighted by Crippen LogP contribution is 2.18. The predicted molar refractivity (Wildman–Crippen MR) is 96.5 cm³/mol. The van der Waals surface area contributed by atoms with Crippen molar-refractivity contribution in [3.63, 3.8) is 0 Å². The Labute approximate surface area is 139 Å². The zero-order chi connectivity index (χ0) is 16.7. The molecule has 0 aromatic heterocycles. The summed E-state index contributed by atoms with van der Waals surface area (Å²) in [5, 5.41) is 6.51. The van der Waals surface area contributed by atoms with E-state index < -0.39 is 0 Å². The number of benzene rings is 2. The molecule has 0 spiro atoms. The van der Waals surface area contributed by atoms with Crippen molar-refractivity contribution in [2.45, 2.75) is 45.7 Å². The van der Waals surface area contributed by atoms with Gasteiger partial charge in [0.1, 0.15) is 6.04 Å². The van der Waals surface area contributed by atoms with Gasteiger partial charge in [-0.25, -0.2) is 0 Å². The van der Waals surface area contributed by atoms with Crippen molar-refractivity contribution in [3.8, 4) is 0 Å². The van der Waals surface area contributed by atoms with Gasteiger partial charge >= 0.3 is 0 Å². The Bertz CT molecular complexity index is 603. The molecular formula is C20H26N2O. The van der Waals surface area contributed by atoms with Gasteiger partial charge in [0.2, 0.25) is 5.91 Å². The van der Waals surface area contributed by atoms with Gasteiger partial charge in [-0.3, -0.25) is 10.1 Å². The first-order chi connectivity index (χ1) is 11.1. The summed E-state index contributed by atoms with van der Waals surface area (Å²) in [6.07, 6.45) is 2.00. The second-order valence-corrected chi connectivity index (χ2v) is 5.88. The van der Waals surface area contributed by atoms with Crippen LogP contribution in [0.25, 0.3) is 0 Å². The molecule has 1 amide bonds. The van der Waals surface area contributed by atoms with E-state index in [0.717, 1.165) is 24.1 Å². The van der Waals surface area contributed by atoms with Crippen LogP contribution in [-0.4, -0.2) is 11.9 Å². The van der Waals surface area contributed by atoms with Crippen LogP contribution in [0, 0.1) is 6.92 Å². The van der Waals surface area contributed by atoms with Crippen LogP contribution in [0.1, 0.15) is 43.9 Å². The lowest BCUT2D eigenvalue weighted by molar-refractivity contribution is -0.118. The van der Waals surface area contributed by atoms with Gasteiger partial charge in [-0.05, 0) is 37.5 Å². The van der Waals surface area contributed by atoms with Crippen molar-refractivity contribution in [1.82, 2.24) is 5.32 Å². The molecule has 0 radical (unpaired) electrons. The molecule has 0 saturated carbocycles. The predicted octanol–water partition coefficient (Wildman–Crippen LogP) is 4.45. The van der Waals surface area contributed by atoms with E-state index in [1.165, 1.54) is 5.56 Å². The Hall–Kier alpha value is -2.13. The number of carbonyl (C=O) groups excluding carboxylic acids is 1. The molecule has 0 bridgehead atoms. The van der Waals surface area contributed by atoms with Crippen LogP contribution in [0.4, 0.5) is 5.69 Å². The molecule has 2 aromatic rings. The maximum atomic E-state index is 12.8. The summed E-state index contributed by atoms with van der Waals surface area (Å²) < 4.78 is 0. The first-order valence-electron chi connectivity index (χ1n) is 8.32. The standard InChI is InChI=1S/C20H26N2O/c1-4-17(5-2)21-19(16-9-7-6-8-10-16)20(23)22-18-13-11-15(3)12-14-18/h6-14,17,19,21H,4-5H2,1-3H3,(H,22,23)/t19-/m1/s1. The molecule has 0 fully saturated rings. The van der Waals surface area contributed by atoms with Gasteiger partial charge in [0.25, 0.3) is 0 Å². The van der Waals surface area contributed by atoms with E-state index >= 15 is 0 Å². The van der Waals surface area contributed by atoms with Crippen molar-refractivity contribution in [2.75, 3.05) is 5.32 Å². The minimum Gasteiger partial charge on any atom is -0.324 e. The summed E-state index contributed by atoms with van der Waals surface area (Å²) in [7, 11) is 0. The number of anilines is 1. The van der Waals surface area contributed by atoms with Crippen LogP contribution in [0.5, 0.6) is 0 Å². The van der Waals surface area contributed by atoms with Crippen molar-refractivity contribution >= 4 is 11.6 Å². The van der Waals surface area contributed by atoms with Crippen LogP contribution >= 0.6 is 0 Å². The van der Waals surface area contributed by atoms with Gasteiger partial charge in [-0.2, -0.15) is 0 Å². The Morgan fingerprint density at radius 2 is 1.57 bits per heavy atom. The molecule has 0 unspecified atom stereocenters. The number of carbonyl (C=O) groups is 1. The third-order valence-electron chi connectivity index (χ3n) is 4.10. The van der Waals surface area contributed by atoms with Crippen LogP contribution < -0.4 is 10.6 Å². The summed E-state index contributed by atoms with van der Waals surface area (Å²) >= 11 is 0. The molecule has 0 saturated heterocycles. The normalized spacial score (nSPS) is 12.2. The van der Waals surface area contributed by atoms with E-state index in [1.54, 1.807) is 0 Å². The molecule has 2 N–H and O–H groups in total. The maximum absolute atomic E-state index is 12.8. The molecule has 2 aromatic carbocycles. The second-order valence-electron chi connectivity index (χ2n) is 5.88. The number of hydrogen-bond acceptors (Lipinski definition) is 2. The SMILES string of the molecule is CCC(CC)N[C@@H](C(=O)Nc1ccc(C)cc1)c1ccccc1. The van der Waals surface area contributed by atoms with Gasteiger partial charge in [-0.15, -0.1) is 0 Å². The van der Waals surface area contributed by atoms with E-state index in [0.29, 0.717) is 6.04 Å². The van der Waals surface area contributed by atoms with Crippen molar-refractivity contribution < 1.29 is 4.79 Å². The molecule has 23 heavy (non-hydrogen) atoms. The van der Waals surface area contributed by atoms with Gasteiger partial charge in [-0.1, -0.05) is 61.9 Å². The Balaban J connectivity index is 2.18. The lowest BCUT2D eigenvalue weighted by Crippen LogP contribution is -2.39. The van der Waals surface area contributed by atoms with E-state index in [1.807, 2.05) is 61.5 Å². The summed E-state index contributed by atoms with van der Waals surface area (Å²) in [5.41, 5.74) is 3.00. The highest BCUT2D eigenvalue weighted by atomic mass is 16.2. The molecule has 0 aliphatic rings. The largest absolute Gasteiger partial charge is 0.324 e. The van der Waals surface area contributed by atoms with Crippen molar-refractivity contribution in [3.05, 3.63) is 65.7 Å². The average molecular weight is 310 g/mol. The van der Waals surface area contributed by atoms with Crippen molar-refractivity contribution in [2.24, 2.45) is 0 Å². The van der Waals surface area contributed by atoms with E-state index in [9.17, 15) is 4.79 Å². The molecule has 0 heterocycles. The minimum atomic E-state index is -0.345. The van der Waals surface area contributed by atoms with Gasteiger partial charge in [0, 0.05) is 11.7 Å². The number of aryl methyl sites for hydroxylation is 1. The highest BCUT2D eigenvalue weighted by Gasteiger charge is 2.22. The molecule has 122 valence electrons. The molecule has 3 nitrogen and oxygen atoms in total. The van der Waals surface area contributed by atoms with Crippen LogP contribution in [-0.2, 0) is 4.79 Å². The number of nitrogens with one attached hydrogen (secondary N) is 2. The smallest absolute Gasteiger partial charge is 0.246 e.